The van der Waals surface area contributed by atoms with Crippen molar-refractivity contribution in [2.45, 2.75) is 58.8 Å². The Hall–Kier alpha value is -3.67. The van der Waals surface area contributed by atoms with Crippen molar-refractivity contribution in [3.63, 3.8) is 0 Å². The van der Waals surface area contributed by atoms with Gasteiger partial charge in [0, 0.05) is 19.5 Å². The minimum atomic E-state index is -0.317. The topological polar surface area (TPSA) is 68.2 Å². The van der Waals surface area contributed by atoms with E-state index < -0.39 is 0 Å². The van der Waals surface area contributed by atoms with Crippen LogP contribution < -0.4 is 0 Å². The molecule has 1 amide bonds. The van der Waals surface area contributed by atoms with Crippen LogP contribution in [-0.4, -0.2) is 48.8 Å². The molecule has 2 aliphatic heterocycles. The fourth-order valence-electron chi connectivity index (χ4n) is 5.34. The quantitative estimate of drug-likeness (QED) is 0.265. The van der Waals surface area contributed by atoms with Crippen LogP contribution in [0.5, 0.6) is 0 Å². The van der Waals surface area contributed by atoms with E-state index in [4.69, 9.17) is 9.57 Å². The number of allylic oxidation sites excluding steroid dienone is 3. The van der Waals surface area contributed by atoms with Gasteiger partial charge in [-0.2, -0.15) is 0 Å². The number of cyclic esters (lactones) is 1. The lowest BCUT2D eigenvalue weighted by Crippen LogP contribution is -2.40. The van der Waals surface area contributed by atoms with Gasteiger partial charge >= 0.3 is 5.97 Å². The third-order valence-corrected chi connectivity index (χ3v) is 7.34. The molecule has 0 radical (unpaired) electrons. The maximum atomic E-state index is 12.9. The van der Waals surface area contributed by atoms with Crippen LogP contribution in [0.4, 0.5) is 0 Å². The lowest BCUT2D eigenvalue weighted by atomic mass is 9.90. The molecule has 1 fully saturated rings. The molecule has 4 rings (SSSR count). The standard InChI is InChI=1S/C33H40N2O4/c1-25-20-26(2)32-29(21-25)23-30(14-10-5-3-4-6-11-19-38-33(32)37)34-39-24-31(36)35-17-15-28(16-18-35)22-27-12-8-7-9-13-27/h4,6-10,12-14,20-21,28H,3,5,11,15-19,22-24H2,1-2H3/b6-4+,14-10+,34-30+. The number of hydrogen-bond donors (Lipinski definition) is 0. The number of carbonyl (C=O) groups excluding carboxylic acids is 2. The van der Waals surface area contributed by atoms with Crippen molar-refractivity contribution in [1.82, 2.24) is 4.90 Å². The number of amides is 1. The summed E-state index contributed by atoms with van der Waals surface area (Å²) in [7, 11) is 0. The second-order valence-corrected chi connectivity index (χ2v) is 10.5. The predicted molar refractivity (Wildman–Crippen MR) is 155 cm³/mol. The van der Waals surface area contributed by atoms with Crippen molar-refractivity contribution >= 4 is 17.6 Å². The molecule has 0 aromatic heterocycles. The highest BCUT2D eigenvalue weighted by atomic mass is 16.6. The Morgan fingerprint density at radius 2 is 1.77 bits per heavy atom. The van der Waals surface area contributed by atoms with Gasteiger partial charge in [0.25, 0.3) is 5.91 Å². The molecule has 2 aromatic carbocycles. The maximum absolute atomic E-state index is 12.9. The summed E-state index contributed by atoms with van der Waals surface area (Å²) in [5, 5.41) is 4.35. The normalized spacial score (nSPS) is 20.0. The van der Waals surface area contributed by atoms with Gasteiger partial charge in [0.1, 0.15) is 0 Å². The Morgan fingerprint density at radius 3 is 2.56 bits per heavy atom. The van der Waals surface area contributed by atoms with Crippen molar-refractivity contribution in [1.29, 1.82) is 0 Å². The summed E-state index contributed by atoms with van der Waals surface area (Å²) in [5.41, 5.74) is 5.41. The first kappa shape index (κ1) is 28.3. The largest absolute Gasteiger partial charge is 0.462 e. The Labute approximate surface area is 232 Å². The Bertz CT molecular complexity index is 1210. The van der Waals surface area contributed by atoms with E-state index in [2.05, 4.69) is 41.6 Å². The first-order chi connectivity index (χ1) is 19.0. The second-order valence-electron chi connectivity index (χ2n) is 10.5. The molecule has 0 aliphatic carbocycles. The minimum Gasteiger partial charge on any atom is -0.462 e. The maximum Gasteiger partial charge on any atom is 0.338 e. The fraction of sp³-hybridized carbons (Fsp3) is 0.424. The SMILES string of the molecule is Cc1cc(C)c2c(c1)CC(=N/OCC(=O)N1CCC(Cc3ccccc3)CC1)/C=C/CC/C=C/CCOC2=O. The molecule has 0 bridgehead atoms. The molecule has 206 valence electrons. The first-order valence-electron chi connectivity index (χ1n) is 14.1. The molecular formula is C33H40N2O4. The molecule has 0 N–H and O–H groups in total. The van der Waals surface area contributed by atoms with Crippen molar-refractivity contribution in [2.75, 3.05) is 26.3 Å². The first-order valence-corrected chi connectivity index (χ1v) is 14.1. The van der Waals surface area contributed by atoms with Crippen LogP contribution in [0.15, 0.2) is 71.9 Å². The van der Waals surface area contributed by atoms with Crippen molar-refractivity contribution in [3.8, 4) is 0 Å². The Kier molecular flexibility index (Phi) is 10.5. The summed E-state index contributed by atoms with van der Waals surface area (Å²) in [4.78, 5) is 33.3. The summed E-state index contributed by atoms with van der Waals surface area (Å²) in [6, 6.07) is 14.5. The third-order valence-electron chi connectivity index (χ3n) is 7.34. The number of rotatable bonds is 5. The highest BCUT2D eigenvalue weighted by Gasteiger charge is 2.23. The van der Waals surface area contributed by atoms with E-state index in [0.717, 1.165) is 61.9 Å². The summed E-state index contributed by atoms with van der Waals surface area (Å²) in [6.07, 6.45) is 14.1. The van der Waals surface area contributed by atoms with Gasteiger partial charge in [-0.25, -0.2) is 4.79 Å². The number of piperidine rings is 1. The summed E-state index contributed by atoms with van der Waals surface area (Å²) >= 11 is 0. The molecule has 2 aliphatic rings. The molecule has 6 nitrogen and oxygen atoms in total. The van der Waals surface area contributed by atoms with E-state index >= 15 is 0 Å². The smallest absolute Gasteiger partial charge is 0.338 e. The van der Waals surface area contributed by atoms with Crippen molar-refractivity contribution in [2.24, 2.45) is 11.1 Å². The number of oxime groups is 1. The van der Waals surface area contributed by atoms with E-state index in [0.29, 0.717) is 36.6 Å². The Balaban J connectivity index is 1.39. The van der Waals surface area contributed by atoms with Gasteiger partial charge in [-0.3, -0.25) is 4.79 Å². The number of ether oxygens (including phenoxy) is 1. The van der Waals surface area contributed by atoms with Gasteiger partial charge in [0.2, 0.25) is 0 Å². The van der Waals surface area contributed by atoms with Crippen molar-refractivity contribution in [3.05, 3.63) is 94.6 Å². The molecule has 0 atom stereocenters. The average Bonchev–Trinajstić information content (AvgIpc) is 2.92. The fourth-order valence-corrected chi connectivity index (χ4v) is 5.34. The predicted octanol–water partition coefficient (Wildman–Crippen LogP) is 6.15. The summed E-state index contributed by atoms with van der Waals surface area (Å²) < 4.78 is 5.56. The van der Waals surface area contributed by atoms with Crippen LogP contribution in [0.25, 0.3) is 0 Å². The van der Waals surface area contributed by atoms with E-state index in [1.807, 2.05) is 49.1 Å². The molecule has 39 heavy (non-hydrogen) atoms. The molecule has 1 saturated heterocycles. The number of fused-ring (bicyclic) bond motifs is 1. The highest BCUT2D eigenvalue weighted by Crippen LogP contribution is 2.22. The summed E-state index contributed by atoms with van der Waals surface area (Å²) in [6.45, 7) is 5.70. The highest BCUT2D eigenvalue weighted by molar-refractivity contribution is 6.00. The molecule has 2 aromatic rings. The molecule has 6 heteroatoms. The van der Waals surface area contributed by atoms with E-state index in [1.54, 1.807) is 0 Å². The van der Waals surface area contributed by atoms with E-state index in [1.165, 1.54) is 5.56 Å². The molecule has 0 unspecified atom stereocenters. The Morgan fingerprint density at radius 1 is 1.03 bits per heavy atom. The van der Waals surface area contributed by atoms with E-state index in [-0.39, 0.29) is 18.5 Å². The van der Waals surface area contributed by atoms with Crippen LogP contribution in [0.3, 0.4) is 0 Å². The third kappa shape index (κ3) is 8.67. The van der Waals surface area contributed by atoms with Gasteiger partial charge < -0.3 is 14.5 Å². The zero-order chi connectivity index (χ0) is 27.5. The van der Waals surface area contributed by atoms with Gasteiger partial charge in [0.05, 0.1) is 17.9 Å². The van der Waals surface area contributed by atoms with Gasteiger partial charge in [-0.1, -0.05) is 71.4 Å². The number of benzene rings is 2. The zero-order valence-electron chi connectivity index (χ0n) is 23.2. The molecular weight excluding hydrogens is 488 g/mol. The minimum absolute atomic E-state index is 0.0387. The lowest BCUT2D eigenvalue weighted by molar-refractivity contribution is -0.137. The number of nitrogens with zero attached hydrogens (tertiary/aromatic N) is 2. The van der Waals surface area contributed by atoms with Gasteiger partial charge in [-0.15, -0.1) is 0 Å². The molecule has 0 saturated carbocycles. The van der Waals surface area contributed by atoms with E-state index in [9.17, 15) is 9.59 Å². The van der Waals surface area contributed by atoms with Crippen LogP contribution in [0.2, 0.25) is 0 Å². The van der Waals surface area contributed by atoms with Crippen LogP contribution >= 0.6 is 0 Å². The number of hydrogen-bond acceptors (Lipinski definition) is 5. The van der Waals surface area contributed by atoms with Crippen LogP contribution in [-0.2, 0) is 27.2 Å². The van der Waals surface area contributed by atoms with Crippen LogP contribution in [0.1, 0.15) is 64.7 Å². The molecule has 2 heterocycles. The second kappa shape index (κ2) is 14.5. The average molecular weight is 529 g/mol. The van der Waals surface area contributed by atoms with Crippen molar-refractivity contribution < 1.29 is 19.2 Å². The number of carbonyl (C=O) groups is 2. The number of esters is 1. The van der Waals surface area contributed by atoms with Gasteiger partial charge in [0.15, 0.2) is 6.61 Å². The summed E-state index contributed by atoms with van der Waals surface area (Å²) in [5.74, 6) is 0.243. The number of aryl methyl sites for hydroxylation is 2. The lowest BCUT2D eigenvalue weighted by Gasteiger charge is -2.31. The zero-order valence-corrected chi connectivity index (χ0v) is 23.2. The van der Waals surface area contributed by atoms with Crippen LogP contribution in [0, 0.1) is 19.8 Å². The molecule has 0 spiro atoms. The monoisotopic (exact) mass is 528 g/mol. The number of likely N-dealkylation sites (tertiary alicyclic amines) is 1. The van der Waals surface area contributed by atoms with Gasteiger partial charge in [-0.05, 0) is 81.1 Å².